The Bertz CT molecular complexity index is 1400. The fraction of sp³-hybridized carbons (Fsp3) is 0.417. The predicted octanol–water partition coefficient (Wildman–Crippen LogP) is 2.38. The SMILES string of the molecule is COc1ccc(Cn2c(=O)n3c(C4(C)CC4)nnc3c3ncc(N4CCOCC4)cc32)cc1. The van der Waals surface area contributed by atoms with Gasteiger partial charge in [0.2, 0.25) is 0 Å². The number of morpholine rings is 1. The quantitative estimate of drug-likeness (QED) is 0.465. The topological polar surface area (TPSA) is 86.8 Å². The van der Waals surface area contributed by atoms with Crippen molar-refractivity contribution in [2.24, 2.45) is 0 Å². The van der Waals surface area contributed by atoms with Gasteiger partial charge < -0.3 is 14.4 Å². The van der Waals surface area contributed by atoms with E-state index in [4.69, 9.17) is 14.5 Å². The van der Waals surface area contributed by atoms with Crippen LogP contribution < -0.4 is 15.3 Å². The smallest absolute Gasteiger partial charge is 0.336 e. The summed E-state index contributed by atoms with van der Waals surface area (Å²) in [6.07, 6.45) is 3.88. The van der Waals surface area contributed by atoms with Crippen molar-refractivity contribution in [2.45, 2.75) is 31.7 Å². The Morgan fingerprint density at radius 1 is 1.12 bits per heavy atom. The molecule has 0 spiro atoms. The molecule has 1 aliphatic heterocycles. The van der Waals surface area contributed by atoms with Crippen LogP contribution in [0.25, 0.3) is 16.7 Å². The lowest BCUT2D eigenvalue weighted by Gasteiger charge is -2.28. The van der Waals surface area contributed by atoms with Gasteiger partial charge in [-0.25, -0.2) is 14.2 Å². The summed E-state index contributed by atoms with van der Waals surface area (Å²) in [5.41, 5.74) is 3.71. The number of hydrogen-bond donors (Lipinski definition) is 0. The van der Waals surface area contributed by atoms with Crippen molar-refractivity contribution >= 4 is 22.4 Å². The highest BCUT2D eigenvalue weighted by Crippen LogP contribution is 2.46. The van der Waals surface area contributed by atoms with E-state index in [1.807, 2.05) is 36.5 Å². The minimum Gasteiger partial charge on any atom is -0.497 e. The van der Waals surface area contributed by atoms with Gasteiger partial charge in [0.1, 0.15) is 17.1 Å². The normalized spacial score (nSPS) is 17.6. The summed E-state index contributed by atoms with van der Waals surface area (Å²) in [6.45, 7) is 5.51. The van der Waals surface area contributed by atoms with Gasteiger partial charge in [-0.3, -0.25) is 4.57 Å². The number of aromatic nitrogens is 5. The molecule has 0 atom stereocenters. The molecule has 33 heavy (non-hydrogen) atoms. The number of pyridine rings is 1. The third kappa shape index (κ3) is 3.34. The lowest BCUT2D eigenvalue weighted by Crippen LogP contribution is -2.36. The molecule has 4 aromatic rings. The van der Waals surface area contributed by atoms with Crippen molar-refractivity contribution in [1.82, 2.24) is 24.1 Å². The summed E-state index contributed by atoms with van der Waals surface area (Å²) in [7, 11) is 1.64. The molecule has 1 aliphatic carbocycles. The number of anilines is 1. The van der Waals surface area contributed by atoms with E-state index in [0.717, 1.165) is 54.3 Å². The van der Waals surface area contributed by atoms with Gasteiger partial charge in [-0.05, 0) is 36.6 Å². The van der Waals surface area contributed by atoms with Gasteiger partial charge >= 0.3 is 5.69 Å². The van der Waals surface area contributed by atoms with Crippen LogP contribution in [0, 0.1) is 0 Å². The number of hydrogen-bond acceptors (Lipinski definition) is 7. The van der Waals surface area contributed by atoms with Gasteiger partial charge in [-0.2, -0.15) is 0 Å². The van der Waals surface area contributed by atoms with E-state index < -0.39 is 0 Å². The van der Waals surface area contributed by atoms with Crippen LogP contribution in [0.5, 0.6) is 5.75 Å². The summed E-state index contributed by atoms with van der Waals surface area (Å²) in [4.78, 5) is 20.9. The fourth-order valence-electron chi connectivity index (χ4n) is 4.53. The molecule has 9 nitrogen and oxygen atoms in total. The van der Waals surface area contributed by atoms with E-state index in [1.165, 1.54) is 0 Å². The minimum atomic E-state index is -0.137. The molecule has 0 unspecified atom stereocenters. The Kier molecular flexibility index (Phi) is 4.62. The second-order valence-corrected chi connectivity index (χ2v) is 9.12. The van der Waals surface area contributed by atoms with E-state index in [-0.39, 0.29) is 11.1 Å². The van der Waals surface area contributed by atoms with Crippen LogP contribution in [0.15, 0.2) is 41.3 Å². The molecule has 3 aromatic heterocycles. The third-order valence-electron chi connectivity index (χ3n) is 6.86. The minimum absolute atomic E-state index is 0.0993. The number of benzene rings is 1. The Morgan fingerprint density at radius 3 is 2.58 bits per heavy atom. The molecule has 0 amide bonds. The van der Waals surface area contributed by atoms with Crippen LogP contribution in [0.3, 0.4) is 0 Å². The summed E-state index contributed by atoms with van der Waals surface area (Å²) in [5, 5.41) is 8.85. The van der Waals surface area contributed by atoms with Crippen LogP contribution in [0.4, 0.5) is 5.69 Å². The molecule has 9 heteroatoms. The van der Waals surface area contributed by atoms with Gasteiger partial charge in [0.15, 0.2) is 5.65 Å². The summed E-state index contributed by atoms with van der Waals surface area (Å²) < 4.78 is 14.2. The molecular weight excluding hydrogens is 420 g/mol. The van der Waals surface area contributed by atoms with Crippen molar-refractivity contribution in [3.8, 4) is 5.75 Å². The molecule has 0 N–H and O–H groups in total. The maximum absolute atomic E-state index is 13.9. The number of nitrogens with zero attached hydrogens (tertiary/aromatic N) is 6. The molecule has 0 radical (unpaired) electrons. The lowest BCUT2D eigenvalue weighted by molar-refractivity contribution is 0.122. The van der Waals surface area contributed by atoms with E-state index in [2.05, 4.69) is 22.0 Å². The molecule has 6 rings (SSSR count). The third-order valence-corrected chi connectivity index (χ3v) is 6.86. The molecule has 2 aliphatic rings. The van der Waals surface area contributed by atoms with Crippen molar-refractivity contribution in [2.75, 3.05) is 38.3 Å². The highest BCUT2D eigenvalue weighted by atomic mass is 16.5. The first-order chi connectivity index (χ1) is 16.1. The highest BCUT2D eigenvalue weighted by Gasteiger charge is 2.44. The summed E-state index contributed by atoms with van der Waals surface area (Å²) in [5.74, 6) is 1.51. The molecular formula is C24H26N6O3. The maximum atomic E-state index is 13.9. The van der Waals surface area contributed by atoms with E-state index in [1.54, 1.807) is 16.1 Å². The highest BCUT2D eigenvalue weighted by molar-refractivity contribution is 5.89. The van der Waals surface area contributed by atoms with Crippen molar-refractivity contribution in [1.29, 1.82) is 0 Å². The van der Waals surface area contributed by atoms with Gasteiger partial charge in [0.25, 0.3) is 0 Å². The van der Waals surface area contributed by atoms with Gasteiger partial charge in [-0.15, -0.1) is 10.2 Å². The van der Waals surface area contributed by atoms with Crippen LogP contribution in [-0.2, 0) is 16.7 Å². The van der Waals surface area contributed by atoms with Gasteiger partial charge in [0, 0.05) is 18.5 Å². The molecule has 1 saturated heterocycles. The number of methoxy groups -OCH3 is 1. The Labute approximate surface area is 190 Å². The van der Waals surface area contributed by atoms with Crippen LogP contribution in [-0.4, -0.2) is 57.6 Å². The Hall–Kier alpha value is -3.46. The van der Waals surface area contributed by atoms with Crippen molar-refractivity contribution in [3.63, 3.8) is 0 Å². The van der Waals surface area contributed by atoms with Crippen LogP contribution in [0.2, 0.25) is 0 Å². The molecule has 170 valence electrons. The first-order valence-corrected chi connectivity index (χ1v) is 11.3. The molecule has 0 bridgehead atoms. The number of ether oxygens (including phenoxy) is 2. The largest absolute Gasteiger partial charge is 0.497 e. The second kappa shape index (κ2) is 7.55. The van der Waals surface area contributed by atoms with E-state index in [0.29, 0.717) is 30.9 Å². The molecule has 1 saturated carbocycles. The number of rotatable bonds is 5. The first-order valence-electron chi connectivity index (χ1n) is 11.3. The zero-order valence-electron chi connectivity index (χ0n) is 18.8. The average Bonchev–Trinajstić information content (AvgIpc) is 3.44. The predicted molar refractivity (Wildman–Crippen MR) is 124 cm³/mol. The zero-order valence-corrected chi connectivity index (χ0v) is 18.8. The zero-order chi connectivity index (χ0) is 22.6. The maximum Gasteiger partial charge on any atom is 0.336 e. The first kappa shape index (κ1) is 20.2. The van der Waals surface area contributed by atoms with Crippen LogP contribution >= 0.6 is 0 Å². The van der Waals surface area contributed by atoms with Crippen molar-refractivity contribution in [3.05, 3.63) is 58.4 Å². The summed E-state index contributed by atoms with van der Waals surface area (Å²) >= 11 is 0. The second-order valence-electron chi connectivity index (χ2n) is 9.12. The molecule has 1 aromatic carbocycles. The monoisotopic (exact) mass is 446 g/mol. The molecule has 4 heterocycles. The Balaban J connectivity index is 1.56. The van der Waals surface area contributed by atoms with Crippen molar-refractivity contribution < 1.29 is 9.47 Å². The van der Waals surface area contributed by atoms with Gasteiger partial charge in [-0.1, -0.05) is 19.1 Å². The number of fused-ring (bicyclic) bond motifs is 3. The average molecular weight is 447 g/mol. The molecule has 2 fully saturated rings. The van der Waals surface area contributed by atoms with Crippen LogP contribution in [0.1, 0.15) is 31.2 Å². The summed E-state index contributed by atoms with van der Waals surface area (Å²) in [6, 6.07) is 9.83. The standard InChI is InChI=1S/C24H26N6O3/c1-24(7-8-24)22-27-26-21-20-19(13-17(14-25-20)28-9-11-33-12-10-28)29(23(31)30(21)22)15-16-3-5-18(32-2)6-4-16/h3-6,13-14H,7-12,15H2,1-2H3. The van der Waals surface area contributed by atoms with E-state index in [9.17, 15) is 4.79 Å². The van der Waals surface area contributed by atoms with Gasteiger partial charge in [0.05, 0.1) is 44.3 Å². The Morgan fingerprint density at radius 2 is 1.88 bits per heavy atom. The fourth-order valence-corrected chi connectivity index (χ4v) is 4.53. The lowest BCUT2D eigenvalue weighted by atomic mass is 10.1. The van der Waals surface area contributed by atoms with E-state index >= 15 is 0 Å².